The van der Waals surface area contributed by atoms with Crippen molar-refractivity contribution in [1.29, 1.82) is 0 Å². The Kier molecular flexibility index (Phi) is 3.83. The maximum atomic E-state index is 13.4. The molecule has 1 rings (SSSR count). The zero-order chi connectivity index (χ0) is 11.4. The molecule has 0 amide bonds. The lowest BCUT2D eigenvalue weighted by atomic mass is 10.0. The van der Waals surface area contributed by atoms with E-state index in [0.29, 0.717) is 29.7 Å². The molecule has 0 radical (unpaired) electrons. The molecule has 1 aromatic rings. The summed E-state index contributed by atoms with van der Waals surface area (Å²) in [7, 11) is 1.46. The number of hydrogen-bond donors (Lipinski definition) is 0. The van der Waals surface area contributed by atoms with Gasteiger partial charge in [-0.05, 0) is 18.6 Å². The van der Waals surface area contributed by atoms with E-state index in [9.17, 15) is 9.18 Å². The van der Waals surface area contributed by atoms with Crippen LogP contribution in [0.4, 0.5) is 4.39 Å². The molecule has 3 heteroatoms. The molecular formula is C12H15FO2. The van der Waals surface area contributed by atoms with E-state index in [-0.39, 0.29) is 11.6 Å². The summed E-state index contributed by atoms with van der Waals surface area (Å²) in [6, 6.07) is 2.81. The number of halogens is 1. The van der Waals surface area contributed by atoms with Gasteiger partial charge in [0.05, 0.1) is 12.7 Å². The first-order valence-electron chi connectivity index (χ1n) is 5.04. The van der Waals surface area contributed by atoms with Crippen molar-refractivity contribution >= 4 is 5.78 Å². The smallest absolute Gasteiger partial charge is 0.166 e. The molecule has 0 aromatic heterocycles. The highest BCUT2D eigenvalue weighted by Gasteiger charge is 2.16. The Balaban J connectivity index is 3.35. The summed E-state index contributed by atoms with van der Waals surface area (Å²) in [5.74, 6) is 0.0351. The lowest BCUT2D eigenvalue weighted by Crippen LogP contribution is -2.05. The largest absolute Gasteiger partial charge is 0.496 e. The molecule has 0 saturated heterocycles. The van der Waals surface area contributed by atoms with Gasteiger partial charge in [-0.15, -0.1) is 0 Å². The Hall–Kier alpha value is -1.38. The van der Waals surface area contributed by atoms with Crippen LogP contribution < -0.4 is 4.74 Å². The van der Waals surface area contributed by atoms with Crippen LogP contribution in [0.5, 0.6) is 5.75 Å². The average molecular weight is 210 g/mol. The minimum absolute atomic E-state index is 0.0263. The van der Waals surface area contributed by atoms with E-state index in [1.807, 2.05) is 6.92 Å². The zero-order valence-electron chi connectivity index (χ0n) is 9.26. The molecule has 0 N–H and O–H groups in total. The maximum Gasteiger partial charge on any atom is 0.166 e. The second-order valence-electron chi connectivity index (χ2n) is 3.24. The first-order chi connectivity index (χ1) is 7.15. The molecular weight excluding hydrogens is 195 g/mol. The number of rotatable bonds is 4. The van der Waals surface area contributed by atoms with E-state index in [1.165, 1.54) is 19.2 Å². The Morgan fingerprint density at radius 1 is 1.40 bits per heavy atom. The number of ether oxygens (including phenoxy) is 1. The number of carbonyl (C=O) groups is 1. The summed E-state index contributed by atoms with van der Waals surface area (Å²) in [6.45, 7) is 3.61. The van der Waals surface area contributed by atoms with Crippen LogP contribution >= 0.6 is 0 Å². The van der Waals surface area contributed by atoms with E-state index in [1.54, 1.807) is 6.92 Å². The van der Waals surface area contributed by atoms with Gasteiger partial charge in [0.2, 0.25) is 0 Å². The predicted octanol–water partition coefficient (Wildman–Crippen LogP) is 2.99. The molecule has 82 valence electrons. The van der Waals surface area contributed by atoms with Crippen LogP contribution in [0.1, 0.15) is 36.2 Å². The van der Waals surface area contributed by atoms with Crippen LogP contribution in [0.2, 0.25) is 0 Å². The molecule has 0 aliphatic carbocycles. The molecule has 0 fully saturated rings. The summed E-state index contributed by atoms with van der Waals surface area (Å²) in [4.78, 5) is 11.6. The first-order valence-corrected chi connectivity index (χ1v) is 5.04. The minimum Gasteiger partial charge on any atom is -0.496 e. The molecule has 0 atom stereocenters. The van der Waals surface area contributed by atoms with Gasteiger partial charge in [0.15, 0.2) is 5.78 Å². The normalized spacial score (nSPS) is 10.1. The maximum absolute atomic E-state index is 13.4. The predicted molar refractivity (Wildman–Crippen MR) is 57.0 cm³/mol. The lowest BCUT2D eigenvalue weighted by Gasteiger charge is -2.12. The number of methoxy groups -OCH3 is 1. The van der Waals surface area contributed by atoms with Crippen molar-refractivity contribution in [3.8, 4) is 5.75 Å². The van der Waals surface area contributed by atoms with E-state index < -0.39 is 0 Å². The molecule has 2 nitrogen and oxygen atoms in total. The van der Waals surface area contributed by atoms with E-state index in [4.69, 9.17) is 4.74 Å². The monoisotopic (exact) mass is 210 g/mol. The topological polar surface area (TPSA) is 26.3 Å². The zero-order valence-corrected chi connectivity index (χ0v) is 9.26. The first kappa shape index (κ1) is 11.7. The fourth-order valence-corrected chi connectivity index (χ4v) is 1.58. The van der Waals surface area contributed by atoms with Gasteiger partial charge >= 0.3 is 0 Å². The number of hydrogen-bond acceptors (Lipinski definition) is 2. The summed E-state index contributed by atoms with van der Waals surface area (Å²) in [5, 5.41) is 0. The molecule has 0 heterocycles. The number of carbonyl (C=O) groups excluding carboxylic acids is 1. The Morgan fingerprint density at radius 2 is 2.07 bits per heavy atom. The lowest BCUT2D eigenvalue weighted by molar-refractivity contribution is 0.0985. The second-order valence-corrected chi connectivity index (χ2v) is 3.24. The molecule has 0 spiro atoms. The molecule has 15 heavy (non-hydrogen) atoms. The molecule has 0 bridgehead atoms. The van der Waals surface area contributed by atoms with Crippen LogP contribution in [0.3, 0.4) is 0 Å². The second kappa shape index (κ2) is 4.91. The minimum atomic E-state index is -0.318. The van der Waals surface area contributed by atoms with E-state index in [2.05, 4.69) is 0 Å². The summed E-state index contributed by atoms with van der Waals surface area (Å²) >= 11 is 0. The molecule has 1 aromatic carbocycles. The van der Waals surface area contributed by atoms with Gasteiger partial charge in [0.1, 0.15) is 11.6 Å². The summed E-state index contributed by atoms with van der Waals surface area (Å²) < 4.78 is 18.5. The van der Waals surface area contributed by atoms with Crippen molar-refractivity contribution in [2.24, 2.45) is 0 Å². The standard InChI is InChI=1S/C12H15FO2/c1-4-8-10(13)7-6-9(11(14)5-2)12(8)15-3/h6-7H,4-5H2,1-3H3. The van der Waals surface area contributed by atoms with Gasteiger partial charge in [-0.25, -0.2) is 4.39 Å². The molecule has 0 aliphatic heterocycles. The van der Waals surface area contributed by atoms with Gasteiger partial charge in [0.25, 0.3) is 0 Å². The molecule has 0 saturated carbocycles. The van der Waals surface area contributed by atoms with Crippen LogP contribution in [0.25, 0.3) is 0 Å². The van der Waals surface area contributed by atoms with E-state index >= 15 is 0 Å². The van der Waals surface area contributed by atoms with Crippen molar-refractivity contribution < 1.29 is 13.9 Å². The van der Waals surface area contributed by atoms with Crippen molar-refractivity contribution in [2.45, 2.75) is 26.7 Å². The number of benzene rings is 1. The number of ketones is 1. The van der Waals surface area contributed by atoms with Gasteiger partial charge in [-0.3, -0.25) is 4.79 Å². The van der Waals surface area contributed by atoms with Gasteiger partial charge in [0, 0.05) is 12.0 Å². The SMILES string of the molecule is CCC(=O)c1ccc(F)c(CC)c1OC. The summed E-state index contributed by atoms with van der Waals surface area (Å²) in [6.07, 6.45) is 0.908. The van der Waals surface area contributed by atoms with Gasteiger partial charge < -0.3 is 4.74 Å². The number of Topliss-reactive ketones (excluding diaryl/α,β-unsaturated/α-hetero) is 1. The molecule has 0 aliphatic rings. The Morgan fingerprint density at radius 3 is 2.53 bits per heavy atom. The van der Waals surface area contributed by atoms with Crippen LogP contribution in [-0.2, 0) is 6.42 Å². The highest BCUT2D eigenvalue weighted by molar-refractivity contribution is 5.98. The fraction of sp³-hybridized carbons (Fsp3) is 0.417. The third-order valence-electron chi connectivity index (χ3n) is 2.38. The third kappa shape index (κ3) is 2.17. The molecule has 0 unspecified atom stereocenters. The van der Waals surface area contributed by atoms with Crippen molar-refractivity contribution in [3.05, 3.63) is 29.1 Å². The summed E-state index contributed by atoms with van der Waals surface area (Å²) in [5.41, 5.74) is 0.940. The highest BCUT2D eigenvalue weighted by atomic mass is 19.1. The third-order valence-corrected chi connectivity index (χ3v) is 2.38. The quantitative estimate of drug-likeness (QED) is 0.714. The highest BCUT2D eigenvalue weighted by Crippen LogP contribution is 2.27. The van der Waals surface area contributed by atoms with Gasteiger partial charge in [-0.1, -0.05) is 13.8 Å². The average Bonchev–Trinajstić information content (AvgIpc) is 2.27. The van der Waals surface area contributed by atoms with E-state index in [0.717, 1.165) is 0 Å². The van der Waals surface area contributed by atoms with Crippen LogP contribution in [0, 0.1) is 5.82 Å². The van der Waals surface area contributed by atoms with Crippen molar-refractivity contribution in [1.82, 2.24) is 0 Å². The Bertz CT molecular complexity index is 372. The van der Waals surface area contributed by atoms with Gasteiger partial charge in [-0.2, -0.15) is 0 Å². The van der Waals surface area contributed by atoms with Crippen molar-refractivity contribution in [3.63, 3.8) is 0 Å². The van der Waals surface area contributed by atoms with Crippen molar-refractivity contribution in [2.75, 3.05) is 7.11 Å². The fourth-order valence-electron chi connectivity index (χ4n) is 1.58. The Labute approximate surface area is 89.1 Å². The van der Waals surface area contributed by atoms with Crippen LogP contribution in [-0.4, -0.2) is 12.9 Å². The van der Waals surface area contributed by atoms with Crippen LogP contribution in [0.15, 0.2) is 12.1 Å².